The van der Waals surface area contributed by atoms with Crippen molar-refractivity contribution in [2.75, 3.05) is 0 Å². The molecule has 20 heavy (non-hydrogen) atoms. The van der Waals surface area contributed by atoms with Gasteiger partial charge in [-0.05, 0) is 31.1 Å². The van der Waals surface area contributed by atoms with E-state index in [-0.39, 0.29) is 12.2 Å². The molecule has 1 N–H and O–H groups in total. The molecule has 2 rings (SSSR count). The summed E-state index contributed by atoms with van der Waals surface area (Å²) in [5, 5.41) is 3.61. The standard InChI is InChI=1S/C17H32N2O/c1-5-9-14-17(20)19(16(18-14)12(3)4)15-11-8-7-10-13(15)6-2/h12-16,18H,5-11H2,1-4H3. The van der Waals surface area contributed by atoms with E-state index in [1.54, 1.807) is 0 Å². The molecule has 1 amide bonds. The summed E-state index contributed by atoms with van der Waals surface area (Å²) in [4.78, 5) is 15.1. The van der Waals surface area contributed by atoms with Gasteiger partial charge in [0.05, 0.1) is 12.2 Å². The van der Waals surface area contributed by atoms with Crippen LogP contribution in [0.15, 0.2) is 0 Å². The number of nitrogens with one attached hydrogen (secondary N) is 1. The van der Waals surface area contributed by atoms with Crippen LogP contribution in [-0.2, 0) is 4.79 Å². The number of hydrogen-bond donors (Lipinski definition) is 1. The molecule has 0 spiro atoms. The highest BCUT2D eigenvalue weighted by Crippen LogP contribution is 2.35. The van der Waals surface area contributed by atoms with Crippen LogP contribution < -0.4 is 5.32 Å². The molecule has 0 bridgehead atoms. The summed E-state index contributed by atoms with van der Waals surface area (Å²) in [6.45, 7) is 8.91. The highest BCUT2D eigenvalue weighted by atomic mass is 16.2. The van der Waals surface area contributed by atoms with E-state index in [1.807, 2.05) is 0 Å². The lowest BCUT2D eigenvalue weighted by atomic mass is 9.81. The van der Waals surface area contributed by atoms with E-state index < -0.39 is 0 Å². The van der Waals surface area contributed by atoms with Crippen molar-refractivity contribution in [1.29, 1.82) is 0 Å². The van der Waals surface area contributed by atoms with Gasteiger partial charge in [-0.25, -0.2) is 0 Å². The Balaban J connectivity index is 2.18. The van der Waals surface area contributed by atoms with Gasteiger partial charge in [0.1, 0.15) is 0 Å². The van der Waals surface area contributed by atoms with E-state index >= 15 is 0 Å². The zero-order chi connectivity index (χ0) is 14.7. The molecule has 0 radical (unpaired) electrons. The minimum Gasteiger partial charge on any atom is -0.322 e. The Morgan fingerprint density at radius 1 is 1.25 bits per heavy atom. The molecule has 3 nitrogen and oxygen atoms in total. The van der Waals surface area contributed by atoms with Crippen molar-refractivity contribution in [2.24, 2.45) is 11.8 Å². The average Bonchev–Trinajstić information content (AvgIpc) is 2.77. The maximum Gasteiger partial charge on any atom is 0.241 e. The topological polar surface area (TPSA) is 32.3 Å². The van der Waals surface area contributed by atoms with Crippen molar-refractivity contribution >= 4 is 5.91 Å². The van der Waals surface area contributed by atoms with Crippen molar-refractivity contribution in [2.45, 2.75) is 90.9 Å². The van der Waals surface area contributed by atoms with Gasteiger partial charge < -0.3 is 4.90 Å². The highest BCUT2D eigenvalue weighted by Gasteiger charge is 2.45. The molecule has 0 aromatic carbocycles. The van der Waals surface area contributed by atoms with Crippen LogP contribution in [0.5, 0.6) is 0 Å². The summed E-state index contributed by atoms with van der Waals surface area (Å²) >= 11 is 0. The Morgan fingerprint density at radius 2 is 1.95 bits per heavy atom. The third-order valence-electron chi connectivity index (χ3n) is 5.18. The fourth-order valence-electron chi connectivity index (χ4n) is 4.08. The van der Waals surface area contributed by atoms with Crippen LogP contribution in [-0.4, -0.2) is 29.1 Å². The number of nitrogens with zero attached hydrogens (tertiary/aromatic N) is 1. The summed E-state index contributed by atoms with van der Waals surface area (Å²) < 4.78 is 0. The molecule has 1 saturated carbocycles. The molecule has 0 aromatic rings. The highest BCUT2D eigenvalue weighted by molar-refractivity contribution is 5.84. The first-order valence-corrected chi connectivity index (χ1v) is 8.68. The van der Waals surface area contributed by atoms with E-state index in [9.17, 15) is 4.79 Å². The molecule has 1 saturated heterocycles. The smallest absolute Gasteiger partial charge is 0.241 e. The quantitative estimate of drug-likeness (QED) is 0.835. The SMILES string of the molecule is CCCC1NC(C(C)C)N(C2CCCCC2CC)C1=O. The number of amides is 1. The molecule has 116 valence electrons. The summed E-state index contributed by atoms with van der Waals surface area (Å²) in [7, 11) is 0. The fraction of sp³-hybridized carbons (Fsp3) is 0.941. The first kappa shape index (κ1) is 15.8. The molecule has 0 aromatic heterocycles. The van der Waals surface area contributed by atoms with Crippen LogP contribution in [0, 0.1) is 11.8 Å². The van der Waals surface area contributed by atoms with E-state index in [2.05, 4.69) is 37.9 Å². The Kier molecular flexibility index (Phi) is 5.48. The lowest BCUT2D eigenvalue weighted by Gasteiger charge is -2.41. The van der Waals surface area contributed by atoms with Crippen molar-refractivity contribution in [3.05, 3.63) is 0 Å². The maximum atomic E-state index is 12.8. The van der Waals surface area contributed by atoms with Gasteiger partial charge in [0.25, 0.3) is 0 Å². The Labute approximate surface area is 124 Å². The molecule has 4 unspecified atom stereocenters. The van der Waals surface area contributed by atoms with Crippen LogP contribution in [0.25, 0.3) is 0 Å². The first-order valence-electron chi connectivity index (χ1n) is 8.68. The van der Waals surface area contributed by atoms with Crippen LogP contribution in [0.2, 0.25) is 0 Å². The molecule has 2 fully saturated rings. The minimum absolute atomic E-state index is 0.0619. The maximum absolute atomic E-state index is 12.8. The molecule has 1 aliphatic carbocycles. The molecule has 2 aliphatic rings. The Bertz CT molecular complexity index is 329. The number of carbonyl (C=O) groups excluding carboxylic acids is 1. The molecule has 1 aliphatic heterocycles. The van der Waals surface area contributed by atoms with E-state index in [4.69, 9.17) is 0 Å². The van der Waals surface area contributed by atoms with Crippen molar-refractivity contribution in [3.63, 3.8) is 0 Å². The molecule has 3 heteroatoms. The lowest BCUT2D eigenvalue weighted by molar-refractivity contribution is -0.135. The van der Waals surface area contributed by atoms with E-state index in [0.29, 0.717) is 23.8 Å². The first-order chi connectivity index (χ1) is 9.60. The second-order valence-corrected chi connectivity index (χ2v) is 6.96. The Morgan fingerprint density at radius 3 is 2.55 bits per heavy atom. The second-order valence-electron chi connectivity index (χ2n) is 6.96. The molecule has 1 heterocycles. The number of rotatable bonds is 5. The number of carbonyl (C=O) groups is 1. The van der Waals surface area contributed by atoms with Gasteiger partial charge in [-0.15, -0.1) is 0 Å². The third kappa shape index (κ3) is 3.03. The largest absolute Gasteiger partial charge is 0.322 e. The second kappa shape index (κ2) is 6.93. The van der Waals surface area contributed by atoms with Crippen molar-refractivity contribution < 1.29 is 4.79 Å². The predicted octanol–water partition coefficient (Wildman–Crippen LogP) is 3.54. The van der Waals surface area contributed by atoms with Crippen LogP contribution in [0.3, 0.4) is 0 Å². The summed E-state index contributed by atoms with van der Waals surface area (Å²) in [6, 6.07) is 0.537. The summed E-state index contributed by atoms with van der Waals surface area (Å²) in [5.41, 5.74) is 0. The van der Waals surface area contributed by atoms with E-state index in [1.165, 1.54) is 32.1 Å². The van der Waals surface area contributed by atoms with Gasteiger partial charge in [-0.1, -0.05) is 53.4 Å². The van der Waals surface area contributed by atoms with Gasteiger partial charge in [-0.3, -0.25) is 10.1 Å². The Hall–Kier alpha value is -0.570. The van der Waals surface area contributed by atoms with Crippen LogP contribution in [0.4, 0.5) is 0 Å². The third-order valence-corrected chi connectivity index (χ3v) is 5.18. The zero-order valence-electron chi connectivity index (χ0n) is 13.7. The average molecular weight is 280 g/mol. The summed E-state index contributed by atoms with van der Waals surface area (Å²) in [6.07, 6.45) is 8.63. The van der Waals surface area contributed by atoms with Gasteiger partial charge in [0.15, 0.2) is 0 Å². The minimum atomic E-state index is 0.0619. The zero-order valence-corrected chi connectivity index (χ0v) is 13.7. The van der Waals surface area contributed by atoms with Crippen LogP contribution in [0.1, 0.15) is 72.6 Å². The lowest BCUT2D eigenvalue weighted by Crippen LogP contribution is -2.51. The van der Waals surface area contributed by atoms with Crippen molar-refractivity contribution in [1.82, 2.24) is 10.2 Å². The molecular formula is C17H32N2O. The molecular weight excluding hydrogens is 248 g/mol. The van der Waals surface area contributed by atoms with Gasteiger partial charge in [-0.2, -0.15) is 0 Å². The van der Waals surface area contributed by atoms with Gasteiger partial charge >= 0.3 is 0 Å². The van der Waals surface area contributed by atoms with Gasteiger partial charge in [0, 0.05) is 6.04 Å². The monoisotopic (exact) mass is 280 g/mol. The number of hydrogen-bond acceptors (Lipinski definition) is 2. The normalized spacial score (nSPS) is 35.0. The summed E-state index contributed by atoms with van der Waals surface area (Å²) in [5.74, 6) is 1.56. The predicted molar refractivity (Wildman–Crippen MR) is 83.3 cm³/mol. The van der Waals surface area contributed by atoms with Gasteiger partial charge in [0.2, 0.25) is 5.91 Å². The molecule has 4 atom stereocenters. The van der Waals surface area contributed by atoms with Crippen LogP contribution >= 0.6 is 0 Å². The van der Waals surface area contributed by atoms with E-state index in [0.717, 1.165) is 12.8 Å². The fourth-order valence-corrected chi connectivity index (χ4v) is 4.08. The van der Waals surface area contributed by atoms with Crippen molar-refractivity contribution in [3.8, 4) is 0 Å².